The Labute approximate surface area is 178 Å². The van der Waals surface area contributed by atoms with Gasteiger partial charge in [-0.2, -0.15) is 5.01 Å². The van der Waals surface area contributed by atoms with Crippen LogP contribution >= 0.6 is 11.8 Å². The first kappa shape index (κ1) is 20.2. The zero-order valence-electron chi connectivity index (χ0n) is 15.6. The molecule has 2 heterocycles. The van der Waals surface area contributed by atoms with Crippen molar-refractivity contribution in [2.24, 2.45) is 5.10 Å². The number of amides is 4. The van der Waals surface area contributed by atoms with E-state index in [1.165, 1.54) is 36.4 Å². The van der Waals surface area contributed by atoms with Gasteiger partial charge in [-0.25, -0.2) is 0 Å². The quantitative estimate of drug-likeness (QED) is 0.409. The lowest BCUT2D eigenvalue weighted by Crippen LogP contribution is -2.30. The second-order valence-electron chi connectivity index (χ2n) is 6.50. The number of carbonyl (C=O) groups excluding carboxylic acids is 4. The van der Waals surface area contributed by atoms with E-state index in [-0.39, 0.29) is 34.1 Å². The van der Waals surface area contributed by atoms with Crippen molar-refractivity contribution in [3.63, 3.8) is 0 Å². The van der Waals surface area contributed by atoms with Crippen molar-refractivity contribution in [3.8, 4) is 0 Å². The molecule has 4 amide bonds. The van der Waals surface area contributed by atoms with Crippen molar-refractivity contribution < 1.29 is 24.1 Å². The molecule has 2 N–H and O–H groups in total. The third-order valence-corrected chi connectivity index (χ3v) is 5.56. The third kappa shape index (κ3) is 3.88. The zero-order chi connectivity index (χ0) is 22.1. The number of nitro groups is 1. The predicted molar refractivity (Wildman–Crippen MR) is 110 cm³/mol. The first-order valence-electron chi connectivity index (χ1n) is 8.92. The van der Waals surface area contributed by atoms with E-state index in [1.807, 2.05) is 0 Å². The summed E-state index contributed by atoms with van der Waals surface area (Å²) >= 11 is 0.886. The number of thioether (sulfide) groups is 1. The van der Waals surface area contributed by atoms with Gasteiger partial charge in [0.25, 0.3) is 17.5 Å². The van der Waals surface area contributed by atoms with Crippen molar-refractivity contribution in [2.75, 3.05) is 5.32 Å². The van der Waals surface area contributed by atoms with Gasteiger partial charge in [-0.1, -0.05) is 36.0 Å². The maximum atomic E-state index is 12.4. The van der Waals surface area contributed by atoms with E-state index in [2.05, 4.69) is 15.7 Å². The summed E-state index contributed by atoms with van der Waals surface area (Å²) in [6, 6.07) is 11.9. The molecular formula is C19H13N5O6S. The van der Waals surface area contributed by atoms with Gasteiger partial charge in [-0.3, -0.25) is 29.3 Å². The molecule has 1 saturated heterocycles. The molecule has 12 heteroatoms. The molecule has 0 aliphatic carbocycles. The molecule has 31 heavy (non-hydrogen) atoms. The minimum Gasteiger partial charge on any atom is -0.320 e. The van der Waals surface area contributed by atoms with E-state index in [9.17, 15) is 29.3 Å². The van der Waals surface area contributed by atoms with Gasteiger partial charge in [0.05, 0.1) is 16.1 Å². The molecule has 0 unspecified atom stereocenters. The molecule has 1 atom stereocenters. The van der Waals surface area contributed by atoms with E-state index in [4.69, 9.17) is 0 Å². The molecule has 0 aromatic heterocycles. The number of carbonyl (C=O) groups is 4. The fraction of sp³-hybridized carbons (Fsp3) is 0.105. The van der Waals surface area contributed by atoms with Gasteiger partial charge in [-0.15, -0.1) is 5.10 Å². The Hall–Kier alpha value is -4.06. The molecule has 0 radical (unpaired) electrons. The molecule has 2 aliphatic heterocycles. The van der Waals surface area contributed by atoms with Crippen LogP contribution in [-0.4, -0.2) is 44.0 Å². The van der Waals surface area contributed by atoms with Crippen molar-refractivity contribution >= 4 is 51.9 Å². The Balaban J connectivity index is 1.43. The highest BCUT2D eigenvalue weighted by molar-refractivity contribution is 8.15. The number of hydrogen-bond acceptors (Lipinski definition) is 8. The first-order chi connectivity index (χ1) is 14.8. The highest BCUT2D eigenvalue weighted by atomic mass is 32.2. The predicted octanol–water partition coefficient (Wildman–Crippen LogP) is 1.72. The van der Waals surface area contributed by atoms with Gasteiger partial charge >= 0.3 is 0 Å². The van der Waals surface area contributed by atoms with Crippen LogP contribution in [0.5, 0.6) is 0 Å². The number of anilines is 1. The molecule has 11 nitrogen and oxygen atoms in total. The summed E-state index contributed by atoms with van der Waals surface area (Å²) in [5.74, 6) is -2.36. The number of rotatable bonds is 5. The average Bonchev–Trinajstić information content (AvgIpc) is 3.20. The van der Waals surface area contributed by atoms with Gasteiger partial charge in [-0.05, 0) is 18.2 Å². The van der Waals surface area contributed by atoms with E-state index in [0.717, 1.165) is 11.8 Å². The number of para-hydroxylation sites is 2. The second kappa shape index (κ2) is 7.99. The molecule has 0 spiro atoms. The largest absolute Gasteiger partial charge is 0.320 e. The fourth-order valence-corrected chi connectivity index (χ4v) is 4.01. The van der Waals surface area contributed by atoms with Gasteiger partial charge < -0.3 is 10.6 Å². The SMILES string of the molecule is O=C(C[C@@H]1S/C(=N\N2C(=O)c3ccccc3C2=O)NC1=O)Nc1ccccc1[N+](=O)[O-]. The van der Waals surface area contributed by atoms with E-state index in [0.29, 0.717) is 5.01 Å². The Morgan fingerprint density at radius 2 is 1.71 bits per heavy atom. The number of hydrazone groups is 1. The van der Waals surface area contributed by atoms with Gasteiger partial charge in [0.1, 0.15) is 10.9 Å². The second-order valence-corrected chi connectivity index (χ2v) is 7.69. The number of amidine groups is 1. The lowest BCUT2D eigenvalue weighted by molar-refractivity contribution is -0.383. The Morgan fingerprint density at radius 3 is 2.35 bits per heavy atom. The molecule has 4 rings (SSSR count). The Bertz CT molecular complexity index is 1140. The fourth-order valence-electron chi connectivity index (χ4n) is 3.05. The highest BCUT2D eigenvalue weighted by Gasteiger charge is 2.38. The summed E-state index contributed by atoms with van der Waals surface area (Å²) in [7, 11) is 0. The van der Waals surface area contributed by atoms with Crippen LogP contribution < -0.4 is 10.6 Å². The van der Waals surface area contributed by atoms with Crippen molar-refractivity contribution in [1.29, 1.82) is 0 Å². The van der Waals surface area contributed by atoms with E-state index >= 15 is 0 Å². The van der Waals surface area contributed by atoms with Gasteiger partial charge in [0, 0.05) is 12.5 Å². The van der Waals surface area contributed by atoms with Crippen LogP contribution in [0.1, 0.15) is 27.1 Å². The number of nitrogens with zero attached hydrogens (tertiary/aromatic N) is 3. The topological polar surface area (TPSA) is 151 Å². The maximum Gasteiger partial charge on any atom is 0.292 e. The molecule has 0 saturated carbocycles. The Morgan fingerprint density at radius 1 is 1.10 bits per heavy atom. The van der Waals surface area contributed by atoms with Crippen LogP contribution in [-0.2, 0) is 9.59 Å². The minimum absolute atomic E-state index is 0.00278. The smallest absolute Gasteiger partial charge is 0.292 e. The van der Waals surface area contributed by atoms with Crippen LogP contribution in [0.15, 0.2) is 53.6 Å². The molecule has 2 aromatic carbocycles. The van der Waals surface area contributed by atoms with Crippen LogP contribution in [0, 0.1) is 10.1 Å². The maximum absolute atomic E-state index is 12.4. The zero-order valence-corrected chi connectivity index (χ0v) is 16.4. The molecule has 1 fully saturated rings. The molecular weight excluding hydrogens is 426 g/mol. The molecule has 156 valence electrons. The van der Waals surface area contributed by atoms with Crippen molar-refractivity contribution in [3.05, 3.63) is 69.8 Å². The number of nitro benzene ring substituents is 1. The van der Waals surface area contributed by atoms with Crippen LogP contribution in [0.2, 0.25) is 0 Å². The lowest BCUT2D eigenvalue weighted by atomic mass is 10.1. The van der Waals surface area contributed by atoms with Crippen LogP contribution in [0.25, 0.3) is 0 Å². The highest BCUT2D eigenvalue weighted by Crippen LogP contribution is 2.28. The van der Waals surface area contributed by atoms with E-state index < -0.39 is 33.8 Å². The van der Waals surface area contributed by atoms with Gasteiger partial charge in [0.2, 0.25) is 11.8 Å². The summed E-state index contributed by atoms with van der Waals surface area (Å²) in [6.07, 6.45) is -0.288. The summed E-state index contributed by atoms with van der Waals surface area (Å²) in [5.41, 5.74) is 0.172. The summed E-state index contributed by atoms with van der Waals surface area (Å²) in [5, 5.41) is 19.6. The monoisotopic (exact) mass is 439 g/mol. The molecule has 0 bridgehead atoms. The number of hydrogen-bond donors (Lipinski definition) is 2. The minimum atomic E-state index is -0.878. The van der Waals surface area contributed by atoms with Crippen LogP contribution in [0.4, 0.5) is 11.4 Å². The first-order valence-corrected chi connectivity index (χ1v) is 9.80. The number of benzene rings is 2. The third-order valence-electron chi connectivity index (χ3n) is 4.49. The number of fused-ring (bicyclic) bond motifs is 1. The lowest BCUT2D eigenvalue weighted by Gasteiger charge is -2.08. The van der Waals surface area contributed by atoms with E-state index in [1.54, 1.807) is 12.1 Å². The number of imide groups is 1. The average molecular weight is 439 g/mol. The van der Waals surface area contributed by atoms with Crippen molar-refractivity contribution in [2.45, 2.75) is 11.7 Å². The molecule has 2 aliphatic rings. The summed E-state index contributed by atoms with van der Waals surface area (Å²) in [4.78, 5) is 59.7. The van der Waals surface area contributed by atoms with Crippen LogP contribution in [0.3, 0.4) is 0 Å². The summed E-state index contributed by atoms with van der Waals surface area (Å²) < 4.78 is 0. The summed E-state index contributed by atoms with van der Waals surface area (Å²) in [6.45, 7) is 0. The van der Waals surface area contributed by atoms with Crippen molar-refractivity contribution in [1.82, 2.24) is 10.3 Å². The van der Waals surface area contributed by atoms with Gasteiger partial charge in [0.15, 0.2) is 5.17 Å². The standard InChI is InChI=1S/C19H13N5O6S/c25-15(20-12-7-3-4-8-13(12)24(29)30)9-14-16(26)21-19(31-14)22-23-17(27)10-5-1-2-6-11(10)18(23)28/h1-8,14H,9H2,(H,20,25)(H,21,22,26)/t14-/m0/s1. The number of nitrogens with one attached hydrogen (secondary N) is 2. The normalized spacial score (nSPS) is 18.8. The molecule has 2 aromatic rings. The Kier molecular flexibility index (Phi) is 5.21.